The van der Waals surface area contributed by atoms with E-state index in [4.69, 9.17) is 5.73 Å². The van der Waals surface area contributed by atoms with Crippen molar-refractivity contribution in [3.8, 4) is 0 Å². The van der Waals surface area contributed by atoms with Gasteiger partial charge in [0.05, 0.1) is 11.0 Å². The van der Waals surface area contributed by atoms with Gasteiger partial charge >= 0.3 is 5.69 Å². The molecule has 0 aliphatic carbocycles. The maximum Gasteiger partial charge on any atom is 0.323 e. The summed E-state index contributed by atoms with van der Waals surface area (Å²) in [5, 5.41) is 3.14. The van der Waals surface area contributed by atoms with Gasteiger partial charge in [0.15, 0.2) is 0 Å². The molecule has 1 heterocycles. The highest BCUT2D eigenvalue weighted by molar-refractivity contribution is 5.75. The number of H-pyrrole nitrogens is 2. The molecule has 0 amide bonds. The summed E-state index contributed by atoms with van der Waals surface area (Å²) in [6.45, 7) is 5.54. The van der Waals surface area contributed by atoms with E-state index in [2.05, 4.69) is 29.1 Å². The van der Waals surface area contributed by atoms with Crippen molar-refractivity contribution in [2.45, 2.75) is 19.3 Å². The number of aromatic nitrogens is 2. The first-order valence-electron chi connectivity index (χ1n) is 5.66. The summed E-state index contributed by atoms with van der Waals surface area (Å²) in [4.78, 5) is 16.7. The Hall–Kier alpha value is -1.59. The molecule has 17 heavy (non-hydrogen) atoms. The molecule has 5 heteroatoms. The molecule has 0 bridgehead atoms. The molecule has 0 saturated heterocycles. The lowest BCUT2D eigenvalue weighted by Gasteiger charge is -2.25. The first-order valence-corrected chi connectivity index (χ1v) is 5.66. The summed E-state index contributed by atoms with van der Waals surface area (Å²) >= 11 is 0. The first kappa shape index (κ1) is 11.9. The molecule has 1 aromatic carbocycles. The van der Waals surface area contributed by atoms with Gasteiger partial charge in [0.25, 0.3) is 0 Å². The van der Waals surface area contributed by atoms with E-state index in [1.807, 2.05) is 18.2 Å². The van der Waals surface area contributed by atoms with E-state index in [1.165, 1.54) is 5.56 Å². The van der Waals surface area contributed by atoms with Crippen molar-refractivity contribution in [2.24, 2.45) is 5.73 Å². The van der Waals surface area contributed by atoms with E-state index in [1.54, 1.807) is 0 Å². The molecule has 0 fully saturated rings. The van der Waals surface area contributed by atoms with Crippen LogP contribution in [-0.2, 0) is 5.41 Å². The van der Waals surface area contributed by atoms with E-state index in [0.717, 1.165) is 17.6 Å². The molecule has 1 aromatic heterocycles. The lowest BCUT2D eigenvalue weighted by Crippen LogP contribution is -2.35. The third-order valence-corrected chi connectivity index (χ3v) is 3.01. The van der Waals surface area contributed by atoms with Crippen LogP contribution in [-0.4, -0.2) is 23.2 Å². The topological polar surface area (TPSA) is 86.7 Å². The second-order valence-corrected chi connectivity index (χ2v) is 4.85. The van der Waals surface area contributed by atoms with E-state index in [9.17, 15) is 4.79 Å². The lowest BCUT2D eigenvalue weighted by atomic mass is 9.84. The third-order valence-electron chi connectivity index (χ3n) is 3.01. The average Bonchev–Trinajstić information content (AvgIpc) is 2.65. The highest BCUT2D eigenvalue weighted by atomic mass is 16.1. The number of benzene rings is 1. The molecule has 2 rings (SSSR count). The minimum Gasteiger partial charge on any atom is -0.318 e. The fourth-order valence-electron chi connectivity index (χ4n) is 1.94. The van der Waals surface area contributed by atoms with Crippen LogP contribution in [0.15, 0.2) is 23.0 Å². The first-order chi connectivity index (χ1) is 8.03. The molecule has 0 aliphatic rings. The molecule has 2 aromatic rings. The maximum absolute atomic E-state index is 11.2. The van der Waals surface area contributed by atoms with Gasteiger partial charge in [-0.2, -0.15) is 0 Å². The number of imidazole rings is 1. The molecular formula is C12H18N4O. The zero-order chi connectivity index (χ0) is 12.5. The zero-order valence-electron chi connectivity index (χ0n) is 10.1. The van der Waals surface area contributed by atoms with Gasteiger partial charge in [0, 0.05) is 18.6 Å². The van der Waals surface area contributed by atoms with Crippen molar-refractivity contribution in [2.75, 3.05) is 13.2 Å². The molecule has 0 unspecified atom stereocenters. The minimum absolute atomic E-state index is 0.0261. The van der Waals surface area contributed by atoms with Gasteiger partial charge in [-0.15, -0.1) is 0 Å². The van der Waals surface area contributed by atoms with Crippen LogP contribution in [0.25, 0.3) is 11.0 Å². The Morgan fingerprint density at radius 3 is 2.71 bits per heavy atom. The number of nitrogens with one attached hydrogen (secondary N) is 3. The number of nitrogens with two attached hydrogens (primary N) is 1. The minimum atomic E-state index is -0.171. The molecule has 0 aliphatic heterocycles. The van der Waals surface area contributed by atoms with Crippen LogP contribution in [0.5, 0.6) is 0 Å². The predicted molar refractivity (Wildman–Crippen MR) is 69.0 cm³/mol. The second kappa shape index (κ2) is 4.35. The molecular weight excluding hydrogens is 216 g/mol. The SMILES string of the molecule is CC(C)(CNCN)c1ccc2[nH]c(=O)[nH]c2c1. The normalized spacial score (nSPS) is 12.2. The van der Waals surface area contributed by atoms with Gasteiger partial charge in [0.2, 0.25) is 0 Å². The molecule has 0 spiro atoms. The van der Waals surface area contributed by atoms with Crippen molar-refractivity contribution in [3.05, 3.63) is 34.2 Å². The summed E-state index contributed by atoms with van der Waals surface area (Å²) in [5.74, 6) is 0. The number of aromatic amines is 2. The van der Waals surface area contributed by atoms with E-state index < -0.39 is 0 Å². The monoisotopic (exact) mass is 234 g/mol. The third kappa shape index (κ3) is 2.40. The van der Waals surface area contributed by atoms with Gasteiger partial charge in [-0.3, -0.25) is 0 Å². The van der Waals surface area contributed by atoms with E-state index in [-0.39, 0.29) is 11.1 Å². The highest BCUT2D eigenvalue weighted by Gasteiger charge is 2.20. The number of rotatable bonds is 4. The second-order valence-electron chi connectivity index (χ2n) is 4.85. The van der Waals surface area contributed by atoms with E-state index >= 15 is 0 Å². The fourth-order valence-corrected chi connectivity index (χ4v) is 1.94. The standard InChI is InChI=1S/C12H18N4O/c1-12(2,6-14-7-13)8-3-4-9-10(5-8)16-11(17)15-9/h3-5,14H,6-7,13H2,1-2H3,(H2,15,16,17). The molecule has 0 radical (unpaired) electrons. The summed E-state index contributed by atoms with van der Waals surface area (Å²) in [6.07, 6.45) is 0. The largest absolute Gasteiger partial charge is 0.323 e. The van der Waals surface area contributed by atoms with E-state index in [0.29, 0.717) is 6.67 Å². The van der Waals surface area contributed by atoms with Gasteiger partial charge in [-0.05, 0) is 17.7 Å². The van der Waals surface area contributed by atoms with Crippen LogP contribution >= 0.6 is 0 Å². The quantitative estimate of drug-likeness (QED) is 0.585. The Morgan fingerprint density at radius 1 is 1.29 bits per heavy atom. The summed E-state index contributed by atoms with van der Waals surface area (Å²) < 4.78 is 0. The smallest absolute Gasteiger partial charge is 0.318 e. The van der Waals surface area contributed by atoms with Gasteiger partial charge in [-0.25, -0.2) is 4.79 Å². The summed E-state index contributed by atoms with van der Waals surface area (Å²) in [7, 11) is 0. The van der Waals surface area contributed by atoms with Crippen molar-refractivity contribution in [3.63, 3.8) is 0 Å². The summed E-state index contributed by atoms with van der Waals surface area (Å²) in [6, 6.07) is 5.96. The Kier molecular flexibility index (Phi) is 3.04. The highest BCUT2D eigenvalue weighted by Crippen LogP contribution is 2.24. The number of hydrogen-bond acceptors (Lipinski definition) is 3. The Bertz CT molecular complexity index is 567. The molecule has 92 valence electrons. The summed E-state index contributed by atoms with van der Waals surface area (Å²) in [5.41, 5.74) is 8.09. The van der Waals surface area contributed by atoms with Gasteiger partial charge < -0.3 is 21.0 Å². The van der Waals surface area contributed by atoms with Gasteiger partial charge in [-0.1, -0.05) is 19.9 Å². The van der Waals surface area contributed by atoms with Crippen LogP contribution in [0, 0.1) is 0 Å². The molecule has 0 atom stereocenters. The number of fused-ring (bicyclic) bond motifs is 1. The van der Waals surface area contributed by atoms with Crippen LogP contribution in [0.4, 0.5) is 0 Å². The Labute approximate surface area is 99.4 Å². The molecule has 5 nitrogen and oxygen atoms in total. The van der Waals surface area contributed by atoms with Crippen molar-refractivity contribution < 1.29 is 0 Å². The van der Waals surface area contributed by atoms with Crippen LogP contribution in [0.1, 0.15) is 19.4 Å². The molecule has 5 N–H and O–H groups in total. The van der Waals surface area contributed by atoms with Crippen LogP contribution < -0.4 is 16.7 Å². The van der Waals surface area contributed by atoms with Crippen molar-refractivity contribution in [1.29, 1.82) is 0 Å². The zero-order valence-corrected chi connectivity index (χ0v) is 10.1. The van der Waals surface area contributed by atoms with Crippen molar-refractivity contribution in [1.82, 2.24) is 15.3 Å². The maximum atomic E-state index is 11.2. The Morgan fingerprint density at radius 2 is 2.00 bits per heavy atom. The Balaban J connectivity index is 2.37. The molecule has 0 saturated carbocycles. The predicted octanol–water partition coefficient (Wildman–Crippen LogP) is 0.640. The van der Waals surface area contributed by atoms with Crippen molar-refractivity contribution >= 4 is 11.0 Å². The van der Waals surface area contributed by atoms with Crippen LogP contribution in [0.2, 0.25) is 0 Å². The van der Waals surface area contributed by atoms with Gasteiger partial charge in [0.1, 0.15) is 0 Å². The fraction of sp³-hybridized carbons (Fsp3) is 0.417. The van der Waals surface area contributed by atoms with Crippen LogP contribution in [0.3, 0.4) is 0 Å². The average molecular weight is 234 g/mol. The lowest BCUT2D eigenvalue weighted by molar-refractivity contribution is 0.475. The number of hydrogen-bond donors (Lipinski definition) is 4.